The van der Waals surface area contributed by atoms with Crippen LogP contribution in [0.5, 0.6) is 0 Å². The van der Waals surface area contributed by atoms with E-state index in [1.54, 1.807) is 0 Å². The number of carbonyl (C=O) groups is 1. The Kier molecular flexibility index (Phi) is 5.37. The maximum atomic E-state index is 13.3. The minimum absolute atomic E-state index is 0.301. The molecule has 6 heteroatoms. The molecule has 1 amide bonds. The Balaban J connectivity index is 2.62. The first-order valence-electron chi connectivity index (χ1n) is 5.15. The third-order valence-electron chi connectivity index (χ3n) is 2.09. The van der Waals surface area contributed by atoms with E-state index in [1.807, 2.05) is 6.92 Å². The van der Waals surface area contributed by atoms with Gasteiger partial charge in [0, 0.05) is 16.7 Å². The summed E-state index contributed by atoms with van der Waals surface area (Å²) < 4.78 is 26.0. The van der Waals surface area contributed by atoms with E-state index >= 15 is 0 Å². The number of thioether (sulfide) groups is 1. The molecule has 1 atom stereocenters. The third kappa shape index (κ3) is 4.32. The van der Waals surface area contributed by atoms with E-state index in [0.29, 0.717) is 17.2 Å². The zero-order chi connectivity index (χ0) is 12.8. The monoisotopic (exact) mass is 260 g/mol. The Hall–Kier alpha value is -1.14. The molecule has 17 heavy (non-hydrogen) atoms. The van der Waals surface area contributed by atoms with Crippen molar-refractivity contribution in [3.8, 4) is 0 Å². The summed E-state index contributed by atoms with van der Waals surface area (Å²) in [7, 11) is 0. The summed E-state index contributed by atoms with van der Waals surface area (Å²) in [6.07, 6.45) is 0. The van der Waals surface area contributed by atoms with Crippen LogP contribution in [0, 0.1) is 11.6 Å². The molecule has 0 bridgehead atoms. The Bertz CT molecular complexity index is 401. The van der Waals surface area contributed by atoms with Gasteiger partial charge in [-0.25, -0.2) is 8.78 Å². The van der Waals surface area contributed by atoms with E-state index in [4.69, 9.17) is 5.73 Å². The zero-order valence-corrected chi connectivity index (χ0v) is 10.2. The van der Waals surface area contributed by atoms with Gasteiger partial charge in [0.25, 0.3) is 0 Å². The van der Waals surface area contributed by atoms with Crippen molar-refractivity contribution in [3.63, 3.8) is 0 Å². The second-order valence-corrected chi connectivity index (χ2v) is 4.46. The number of rotatable bonds is 6. The predicted octanol–water partition coefficient (Wildman–Crippen LogP) is 1.52. The van der Waals surface area contributed by atoms with Gasteiger partial charge in [0.05, 0.1) is 6.04 Å². The van der Waals surface area contributed by atoms with Gasteiger partial charge in [-0.05, 0) is 18.7 Å². The van der Waals surface area contributed by atoms with Gasteiger partial charge in [0.2, 0.25) is 5.91 Å². The smallest absolute Gasteiger partial charge is 0.235 e. The van der Waals surface area contributed by atoms with Gasteiger partial charge in [0.15, 0.2) is 0 Å². The van der Waals surface area contributed by atoms with Gasteiger partial charge < -0.3 is 11.1 Å². The quantitative estimate of drug-likeness (QED) is 0.762. The second kappa shape index (κ2) is 6.56. The van der Waals surface area contributed by atoms with Crippen LogP contribution in [0.3, 0.4) is 0 Å². The standard InChI is InChI=1S/C11H14F2N2OS/c1-2-15-9(11(14)16)6-17-10-4-3-7(12)5-8(10)13/h3-5,9,15H,2,6H2,1H3,(H2,14,16). The maximum Gasteiger partial charge on any atom is 0.235 e. The van der Waals surface area contributed by atoms with Crippen LogP contribution in [0.1, 0.15) is 6.92 Å². The lowest BCUT2D eigenvalue weighted by molar-refractivity contribution is -0.119. The molecule has 94 valence electrons. The number of halogens is 2. The van der Waals surface area contributed by atoms with Crippen molar-refractivity contribution in [3.05, 3.63) is 29.8 Å². The van der Waals surface area contributed by atoms with Crippen molar-refractivity contribution in [1.29, 1.82) is 0 Å². The number of hydrogen-bond acceptors (Lipinski definition) is 3. The Morgan fingerprint density at radius 2 is 2.24 bits per heavy atom. The van der Waals surface area contributed by atoms with Crippen LogP contribution < -0.4 is 11.1 Å². The molecule has 0 fully saturated rings. The molecule has 3 N–H and O–H groups in total. The molecule has 1 aromatic carbocycles. The topological polar surface area (TPSA) is 55.1 Å². The van der Waals surface area contributed by atoms with E-state index in [0.717, 1.165) is 17.8 Å². The Morgan fingerprint density at radius 1 is 1.53 bits per heavy atom. The summed E-state index contributed by atoms with van der Waals surface area (Å²) in [6.45, 7) is 2.44. The number of nitrogens with two attached hydrogens (primary N) is 1. The highest BCUT2D eigenvalue weighted by molar-refractivity contribution is 7.99. The van der Waals surface area contributed by atoms with Crippen LogP contribution in [-0.2, 0) is 4.79 Å². The molecule has 0 aliphatic heterocycles. The summed E-state index contributed by atoms with van der Waals surface area (Å²) in [5.41, 5.74) is 5.18. The van der Waals surface area contributed by atoms with Crippen molar-refractivity contribution in [2.75, 3.05) is 12.3 Å². The SMILES string of the molecule is CCNC(CSc1ccc(F)cc1F)C(N)=O. The number of likely N-dealkylation sites (N-methyl/N-ethyl adjacent to an activating group) is 1. The molecular weight excluding hydrogens is 246 g/mol. The minimum atomic E-state index is -0.630. The maximum absolute atomic E-state index is 13.3. The van der Waals surface area contributed by atoms with Crippen molar-refractivity contribution < 1.29 is 13.6 Å². The summed E-state index contributed by atoms with van der Waals surface area (Å²) in [5, 5.41) is 2.89. The highest BCUT2D eigenvalue weighted by Gasteiger charge is 2.15. The molecule has 0 saturated carbocycles. The normalized spacial score (nSPS) is 12.4. The van der Waals surface area contributed by atoms with Crippen molar-refractivity contribution in [2.45, 2.75) is 17.9 Å². The predicted molar refractivity (Wildman–Crippen MR) is 63.7 cm³/mol. The summed E-state index contributed by atoms with van der Waals surface area (Å²) in [6, 6.07) is 2.82. The van der Waals surface area contributed by atoms with Crippen molar-refractivity contribution >= 4 is 17.7 Å². The van der Waals surface area contributed by atoms with E-state index in [1.165, 1.54) is 12.1 Å². The average molecular weight is 260 g/mol. The van der Waals surface area contributed by atoms with E-state index < -0.39 is 23.6 Å². The first-order chi connectivity index (χ1) is 8.04. The molecule has 3 nitrogen and oxygen atoms in total. The highest BCUT2D eigenvalue weighted by atomic mass is 32.2. The lowest BCUT2D eigenvalue weighted by Gasteiger charge is -2.13. The Morgan fingerprint density at radius 3 is 2.76 bits per heavy atom. The number of hydrogen-bond donors (Lipinski definition) is 2. The molecule has 0 radical (unpaired) electrons. The minimum Gasteiger partial charge on any atom is -0.368 e. The molecule has 1 rings (SSSR count). The highest BCUT2D eigenvalue weighted by Crippen LogP contribution is 2.22. The van der Waals surface area contributed by atoms with Crippen molar-refractivity contribution in [2.24, 2.45) is 5.73 Å². The number of primary amides is 1. The van der Waals surface area contributed by atoms with Gasteiger partial charge in [0.1, 0.15) is 11.6 Å². The molecule has 0 aliphatic carbocycles. The number of benzene rings is 1. The average Bonchev–Trinajstić information content (AvgIpc) is 2.25. The lowest BCUT2D eigenvalue weighted by Crippen LogP contribution is -2.43. The van der Waals surface area contributed by atoms with Crippen molar-refractivity contribution in [1.82, 2.24) is 5.32 Å². The fraction of sp³-hybridized carbons (Fsp3) is 0.364. The van der Waals surface area contributed by atoms with Gasteiger partial charge >= 0.3 is 0 Å². The molecule has 0 saturated heterocycles. The molecular formula is C11H14F2N2OS. The van der Waals surface area contributed by atoms with E-state index in [-0.39, 0.29) is 0 Å². The molecule has 0 spiro atoms. The first kappa shape index (κ1) is 13.9. The van der Waals surface area contributed by atoms with Crippen LogP contribution in [0.2, 0.25) is 0 Å². The van der Waals surface area contributed by atoms with E-state index in [9.17, 15) is 13.6 Å². The summed E-state index contributed by atoms with van der Waals surface area (Å²) in [4.78, 5) is 11.3. The third-order valence-corrected chi connectivity index (χ3v) is 3.24. The fourth-order valence-corrected chi connectivity index (χ4v) is 2.24. The van der Waals surface area contributed by atoms with Gasteiger partial charge in [-0.3, -0.25) is 4.79 Å². The van der Waals surface area contributed by atoms with E-state index in [2.05, 4.69) is 5.32 Å². The lowest BCUT2D eigenvalue weighted by atomic mass is 10.3. The number of amides is 1. The summed E-state index contributed by atoms with van der Waals surface area (Å²) >= 11 is 1.13. The zero-order valence-electron chi connectivity index (χ0n) is 9.37. The molecule has 1 unspecified atom stereocenters. The van der Waals surface area contributed by atoms with Gasteiger partial charge in [-0.1, -0.05) is 6.92 Å². The van der Waals surface area contributed by atoms with Crippen LogP contribution in [0.15, 0.2) is 23.1 Å². The fourth-order valence-electron chi connectivity index (χ4n) is 1.25. The molecule has 0 aromatic heterocycles. The number of nitrogens with one attached hydrogen (secondary N) is 1. The number of carbonyl (C=O) groups excluding carboxylic acids is 1. The molecule has 0 aliphatic rings. The van der Waals surface area contributed by atoms with Crippen LogP contribution in [0.4, 0.5) is 8.78 Å². The summed E-state index contributed by atoms with van der Waals surface area (Å²) in [5.74, 6) is -1.42. The second-order valence-electron chi connectivity index (χ2n) is 3.40. The first-order valence-corrected chi connectivity index (χ1v) is 6.13. The van der Waals surface area contributed by atoms with Gasteiger partial charge in [-0.2, -0.15) is 0 Å². The van der Waals surface area contributed by atoms with Crippen LogP contribution >= 0.6 is 11.8 Å². The van der Waals surface area contributed by atoms with Crippen LogP contribution in [0.25, 0.3) is 0 Å². The molecule has 0 heterocycles. The largest absolute Gasteiger partial charge is 0.368 e. The Labute approximate surface area is 103 Å². The molecule has 1 aromatic rings. The van der Waals surface area contributed by atoms with Gasteiger partial charge in [-0.15, -0.1) is 11.8 Å². The van der Waals surface area contributed by atoms with Crippen LogP contribution in [-0.4, -0.2) is 24.2 Å².